The first kappa shape index (κ1) is 14.3. The summed E-state index contributed by atoms with van der Waals surface area (Å²) in [5, 5.41) is 0.740. The van der Waals surface area contributed by atoms with E-state index >= 15 is 0 Å². The van der Waals surface area contributed by atoms with Gasteiger partial charge in [0.2, 0.25) is 0 Å². The van der Waals surface area contributed by atoms with E-state index in [-0.39, 0.29) is 5.56 Å². The normalized spacial score (nSPS) is 10.7. The molecular formula is C15H12ClN3O3. The number of aromatic nitrogens is 3. The second-order valence-electron chi connectivity index (χ2n) is 4.51. The number of fused-ring (bicyclic) bond motifs is 1. The van der Waals surface area contributed by atoms with Crippen LogP contribution in [0.5, 0.6) is 11.5 Å². The van der Waals surface area contributed by atoms with Crippen LogP contribution < -0.4 is 15.0 Å². The summed E-state index contributed by atoms with van der Waals surface area (Å²) in [6.07, 6.45) is 1.55. The van der Waals surface area contributed by atoms with Gasteiger partial charge in [-0.15, -0.1) is 0 Å². The molecule has 0 unspecified atom stereocenters. The number of nitrogens with zero attached hydrogens (tertiary/aromatic N) is 2. The lowest BCUT2D eigenvalue weighted by atomic mass is 10.2. The molecule has 0 saturated carbocycles. The van der Waals surface area contributed by atoms with Crippen LogP contribution in [0.25, 0.3) is 22.3 Å². The molecule has 0 radical (unpaired) electrons. The highest BCUT2D eigenvalue weighted by Crippen LogP contribution is 2.28. The van der Waals surface area contributed by atoms with Crippen molar-refractivity contribution >= 4 is 22.5 Å². The zero-order valence-corrected chi connectivity index (χ0v) is 12.6. The van der Waals surface area contributed by atoms with Gasteiger partial charge in [-0.2, -0.15) is 0 Å². The zero-order chi connectivity index (χ0) is 15.7. The topological polar surface area (TPSA) is 77.1 Å². The van der Waals surface area contributed by atoms with Crippen molar-refractivity contribution in [1.29, 1.82) is 0 Å². The molecular weight excluding hydrogens is 306 g/mol. The molecule has 6 nitrogen and oxygen atoms in total. The maximum Gasteiger partial charge on any atom is 0.262 e. The van der Waals surface area contributed by atoms with E-state index in [0.29, 0.717) is 38.9 Å². The highest BCUT2D eigenvalue weighted by atomic mass is 35.5. The van der Waals surface area contributed by atoms with Crippen molar-refractivity contribution < 1.29 is 9.47 Å². The van der Waals surface area contributed by atoms with Gasteiger partial charge < -0.3 is 14.5 Å². The van der Waals surface area contributed by atoms with E-state index in [1.807, 2.05) is 0 Å². The van der Waals surface area contributed by atoms with Crippen LogP contribution in [0, 0.1) is 0 Å². The quantitative estimate of drug-likeness (QED) is 0.751. The molecule has 0 spiro atoms. The molecule has 0 amide bonds. The minimum atomic E-state index is -0.297. The maximum absolute atomic E-state index is 12.4. The largest absolute Gasteiger partial charge is 0.497 e. The van der Waals surface area contributed by atoms with Crippen molar-refractivity contribution in [2.75, 3.05) is 14.2 Å². The summed E-state index contributed by atoms with van der Waals surface area (Å²) < 4.78 is 10.4. The first-order chi connectivity index (χ1) is 10.6. The molecule has 0 aliphatic rings. The predicted molar refractivity (Wildman–Crippen MR) is 83.7 cm³/mol. The molecule has 112 valence electrons. The van der Waals surface area contributed by atoms with Crippen LogP contribution in [0.15, 0.2) is 35.3 Å². The number of hydrogen-bond acceptors (Lipinski definition) is 5. The van der Waals surface area contributed by atoms with Crippen molar-refractivity contribution in [3.63, 3.8) is 0 Å². The molecule has 0 atom stereocenters. The molecule has 0 fully saturated rings. The number of methoxy groups -OCH3 is 2. The summed E-state index contributed by atoms with van der Waals surface area (Å²) >= 11 is 5.77. The number of ether oxygens (including phenoxy) is 2. The summed E-state index contributed by atoms with van der Waals surface area (Å²) in [7, 11) is 3.03. The van der Waals surface area contributed by atoms with Crippen molar-refractivity contribution in [3.8, 4) is 22.9 Å². The monoisotopic (exact) mass is 317 g/mol. The van der Waals surface area contributed by atoms with Gasteiger partial charge in [-0.25, -0.2) is 9.97 Å². The Hall–Kier alpha value is -2.60. The summed E-state index contributed by atoms with van der Waals surface area (Å²) in [5.41, 5.74) is 0.838. The van der Waals surface area contributed by atoms with E-state index in [1.54, 1.807) is 30.5 Å². The number of H-pyrrole nitrogens is 1. The molecule has 2 heterocycles. The van der Waals surface area contributed by atoms with Gasteiger partial charge in [0.25, 0.3) is 5.56 Å². The van der Waals surface area contributed by atoms with E-state index in [4.69, 9.17) is 21.1 Å². The molecule has 3 rings (SSSR count). The third-order valence-corrected chi connectivity index (χ3v) is 3.43. The lowest BCUT2D eigenvalue weighted by molar-refractivity contribution is 0.397. The number of nitrogens with one attached hydrogen (secondary N) is 1. The van der Waals surface area contributed by atoms with Gasteiger partial charge in [-0.05, 0) is 12.1 Å². The van der Waals surface area contributed by atoms with Crippen molar-refractivity contribution in [3.05, 3.63) is 46.0 Å². The molecule has 1 aromatic carbocycles. The van der Waals surface area contributed by atoms with Crippen molar-refractivity contribution in [1.82, 2.24) is 15.0 Å². The van der Waals surface area contributed by atoms with Gasteiger partial charge >= 0.3 is 0 Å². The van der Waals surface area contributed by atoms with Gasteiger partial charge in [-0.3, -0.25) is 4.79 Å². The summed E-state index contributed by atoms with van der Waals surface area (Å²) in [4.78, 5) is 23.5. The van der Waals surface area contributed by atoms with Crippen LogP contribution in [0.4, 0.5) is 0 Å². The summed E-state index contributed by atoms with van der Waals surface area (Å²) in [6.45, 7) is 0. The number of benzene rings is 1. The molecule has 0 aliphatic carbocycles. The summed E-state index contributed by atoms with van der Waals surface area (Å²) in [5.74, 6) is 1.36. The molecule has 2 aromatic heterocycles. The van der Waals surface area contributed by atoms with E-state index in [0.717, 1.165) is 0 Å². The lowest BCUT2D eigenvalue weighted by Crippen LogP contribution is -2.11. The Balaban J connectivity index is 2.27. The van der Waals surface area contributed by atoms with Gasteiger partial charge in [0, 0.05) is 23.9 Å². The van der Waals surface area contributed by atoms with Gasteiger partial charge in [-0.1, -0.05) is 11.6 Å². The fourth-order valence-corrected chi connectivity index (χ4v) is 2.25. The molecule has 0 bridgehead atoms. The minimum absolute atomic E-state index is 0.297. The minimum Gasteiger partial charge on any atom is -0.497 e. The first-order valence-corrected chi connectivity index (χ1v) is 6.78. The molecule has 7 heteroatoms. The summed E-state index contributed by atoms with van der Waals surface area (Å²) in [6, 6.07) is 6.69. The second kappa shape index (κ2) is 5.65. The predicted octanol–water partition coefficient (Wildman–Crippen LogP) is 2.66. The Labute approximate surface area is 130 Å². The molecule has 1 N–H and O–H groups in total. The van der Waals surface area contributed by atoms with Gasteiger partial charge in [0.05, 0.1) is 19.7 Å². The van der Waals surface area contributed by atoms with Crippen molar-refractivity contribution in [2.24, 2.45) is 0 Å². The van der Waals surface area contributed by atoms with Crippen LogP contribution in [-0.2, 0) is 0 Å². The Kier molecular flexibility index (Phi) is 3.68. The maximum atomic E-state index is 12.4. The third kappa shape index (κ3) is 2.48. The number of rotatable bonds is 3. The van der Waals surface area contributed by atoms with E-state index in [9.17, 15) is 4.79 Å². The highest BCUT2D eigenvalue weighted by molar-refractivity contribution is 6.29. The number of pyridine rings is 1. The zero-order valence-electron chi connectivity index (χ0n) is 11.9. The third-order valence-electron chi connectivity index (χ3n) is 3.20. The smallest absolute Gasteiger partial charge is 0.262 e. The SMILES string of the molecule is COc1cc(OC)c2c(=O)[nH]c(-c3ccc(Cl)nc3)nc2c1. The Bertz CT molecular complexity index is 891. The van der Waals surface area contributed by atoms with Crippen LogP contribution >= 0.6 is 11.6 Å². The van der Waals surface area contributed by atoms with Gasteiger partial charge in [0.1, 0.15) is 27.9 Å². The Morgan fingerprint density at radius 1 is 1.18 bits per heavy atom. The Morgan fingerprint density at radius 3 is 2.64 bits per heavy atom. The fourth-order valence-electron chi connectivity index (χ4n) is 2.14. The molecule has 0 aliphatic heterocycles. The lowest BCUT2D eigenvalue weighted by Gasteiger charge is -2.09. The fraction of sp³-hybridized carbons (Fsp3) is 0.133. The second-order valence-corrected chi connectivity index (χ2v) is 4.90. The first-order valence-electron chi connectivity index (χ1n) is 6.40. The van der Waals surface area contributed by atoms with Crippen LogP contribution in [0.1, 0.15) is 0 Å². The van der Waals surface area contributed by atoms with E-state index in [2.05, 4.69) is 15.0 Å². The average molecular weight is 318 g/mol. The molecule has 0 saturated heterocycles. The standard InChI is InChI=1S/C15H12ClN3O3/c1-21-9-5-10-13(11(6-9)22-2)15(20)19-14(18-10)8-3-4-12(16)17-7-8/h3-7H,1-2H3,(H,18,19,20). The molecule has 3 aromatic rings. The molecule has 22 heavy (non-hydrogen) atoms. The van der Waals surface area contributed by atoms with Gasteiger partial charge in [0.15, 0.2) is 0 Å². The number of halogens is 1. The number of aromatic amines is 1. The number of hydrogen-bond donors (Lipinski definition) is 1. The van der Waals surface area contributed by atoms with Crippen LogP contribution in [0.2, 0.25) is 5.15 Å². The van der Waals surface area contributed by atoms with Crippen molar-refractivity contribution in [2.45, 2.75) is 0 Å². The van der Waals surface area contributed by atoms with Crippen LogP contribution in [-0.4, -0.2) is 29.2 Å². The van der Waals surface area contributed by atoms with E-state index in [1.165, 1.54) is 14.2 Å². The van der Waals surface area contributed by atoms with E-state index < -0.39 is 0 Å². The average Bonchev–Trinajstić information content (AvgIpc) is 2.54. The highest BCUT2D eigenvalue weighted by Gasteiger charge is 2.13. The van der Waals surface area contributed by atoms with Crippen LogP contribution in [0.3, 0.4) is 0 Å². The Morgan fingerprint density at radius 2 is 2.00 bits per heavy atom.